The fourth-order valence-electron chi connectivity index (χ4n) is 4.86. The Labute approximate surface area is 177 Å². The van der Waals surface area contributed by atoms with E-state index < -0.39 is 14.3 Å². The summed E-state index contributed by atoms with van der Waals surface area (Å²) in [5.74, 6) is -0.335. The van der Waals surface area contributed by atoms with Crippen LogP contribution in [0.15, 0.2) is 34.9 Å². The number of allylic oxidation sites excluding steroid dienone is 3. The highest BCUT2D eigenvalue weighted by Gasteiger charge is 2.30. The standard InChI is InChI=1S/C26H34NOSi/c1-9-17-11-18-13-19(26(4,5)6)14-21(20(18)12-17)23-16(3)24(29(7)8)15(2)10-22(23)25(27)28/h10-11,13-15,27H,9,12H2,1-8H3. The van der Waals surface area contributed by atoms with Crippen molar-refractivity contribution in [2.24, 2.45) is 5.92 Å². The number of amides is 1. The molecule has 0 aromatic heterocycles. The Morgan fingerprint density at radius 2 is 1.90 bits per heavy atom. The minimum atomic E-state index is -0.659. The van der Waals surface area contributed by atoms with Crippen molar-refractivity contribution in [1.29, 1.82) is 0 Å². The van der Waals surface area contributed by atoms with Gasteiger partial charge in [-0.3, -0.25) is 10.5 Å². The van der Waals surface area contributed by atoms with Gasteiger partial charge in [-0.1, -0.05) is 82.7 Å². The maximum Gasteiger partial charge on any atom is 0.270 e. The molecule has 1 N–H and O–H groups in total. The van der Waals surface area contributed by atoms with Gasteiger partial charge in [0.25, 0.3) is 5.91 Å². The van der Waals surface area contributed by atoms with E-state index in [0.717, 1.165) is 18.4 Å². The van der Waals surface area contributed by atoms with E-state index in [9.17, 15) is 4.79 Å². The monoisotopic (exact) mass is 404 g/mol. The van der Waals surface area contributed by atoms with Crippen LogP contribution >= 0.6 is 0 Å². The lowest BCUT2D eigenvalue weighted by atomic mass is 9.77. The number of nitrogens with one attached hydrogen (secondary N) is 1. The van der Waals surface area contributed by atoms with Gasteiger partial charge in [-0.25, -0.2) is 0 Å². The lowest BCUT2D eigenvalue weighted by molar-refractivity contribution is -0.114. The van der Waals surface area contributed by atoms with Crippen LogP contribution in [-0.4, -0.2) is 19.5 Å². The molecule has 1 aromatic carbocycles. The minimum absolute atomic E-state index is 0.0227. The second-order valence-corrected chi connectivity index (χ2v) is 12.3. The summed E-state index contributed by atoms with van der Waals surface area (Å²) in [6.45, 7) is 17.9. The molecule has 2 aliphatic carbocycles. The first-order chi connectivity index (χ1) is 13.5. The molecule has 0 aliphatic heterocycles. The third kappa shape index (κ3) is 3.89. The molecule has 1 amide bonds. The van der Waals surface area contributed by atoms with Gasteiger partial charge < -0.3 is 0 Å². The molecule has 29 heavy (non-hydrogen) atoms. The summed E-state index contributed by atoms with van der Waals surface area (Å²) in [5, 5.41) is 1.48. The SMILES string of the molecule is CCC1=Cc2cc(C(C)(C)C)cc(C3=C(C)C(=[Si](C)C)C(C)C=C3C([NH])=O)c2C1. The fraction of sp³-hybridized carbons (Fsp3) is 0.462. The molecule has 0 bridgehead atoms. The van der Waals surface area contributed by atoms with Gasteiger partial charge in [0.1, 0.15) is 0 Å². The Kier molecular flexibility index (Phi) is 5.75. The molecule has 0 heterocycles. The Balaban J connectivity index is 2.37. The van der Waals surface area contributed by atoms with Gasteiger partial charge in [-0.2, -0.15) is 0 Å². The zero-order valence-corrected chi connectivity index (χ0v) is 20.2. The molecule has 3 rings (SSSR count). The van der Waals surface area contributed by atoms with Crippen LogP contribution in [0.5, 0.6) is 0 Å². The van der Waals surface area contributed by atoms with Crippen molar-refractivity contribution in [2.45, 2.75) is 72.9 Å². The Bertz CT molecular complexity index is 1010. The normalized spacial score (nSPS) is 19.2. The first-order valence-corrected chi connectivity index (χ1v) is 13.2. The second-order valence-electron chi connectivity index (χ2n) is 9.79. The van der Waals surface area contributed by atoms with E-state index in [1.807, 2.05) is 6.08 Å². The van der Waals surface area contributed by atoms with Crippen LogP contribution in [0.25, 0.3) is 11.6 Å². The number of hydrogen-bond donors (Lipinski definition) is 0. The molecular weight excluding hydrogens is 370 g/mol. The highest BCUT2D eigenvalue weighted by atomic mass is 28.2. The van der Waals surface area contributed by atoms with E-state index in [-0.39, 0.29) is 11.3 Å². The zero-order chi connectivity index (χ0) is 21.7. The van der Waals surface area contributed by atoms with Crippen molar-refractivity contribution in [3.8, 4) is 0 Å². The molecule has 1 atom stereocenters. The lowest BCUT2D eigenvalue weighted by Crippen LogP contribution is -2.26. The quantitative estimate of drug-likeness (QED) is 0.569. The maximum atomic E-state index is 12.4. The molecule has 1 unspecified atom stereocenters. The van der Waals surface area contributed by atoms with Gasteiger partial charge in [-0.05, 0) is 64.5 Å². The predicted molar refractivity (Wildman–Crippen MR) is 128 cm³/mol. The van der Waals surface area contributed by atoms with Crippen LogP contribution in [0.3, 0.4) is 0 Å². The summed E-state index contributed by atoms with van der Waals surface area (Å²) in [6.07, 6.45) is 6.37. The largest absolute Gasteiger partial charge is 0.270 e. The third-order valence-corrected chi connectivity index (χ3v) is 8.25. The molecule has 0 saturated heterocycles. The predicted octanol–water partition coefficient (Wildman–Crippen LogP) is 6.00. The Morgan fingerprint density at radius 1 is 1.24 bits per heavy atom. The maximum absolute atomic E-state index is 12.4. The molecule has 2 nitrogen and oxygen atoms in total. The summed E-state index contributed by atoms with van der Waals surface area (Å²) in [5.41, 5.74) is 17.4. The van der Waals surface area contributed by atoms with Crippen LogP contribution in [0, 0.1) is 5.92 Å². The van der Waals surface area contributed by atoms with E-state index in [4.69, 9.17) is 5.73 Å². The molecule has 0 saturated carbocycles. The van der Waals surface area contributed by atoms with Crippen LogP contribution in [0.4, 0.5) is 0 Å². The topological polar surface area (TPSA) is 40.9 Å². The first-order valence-electron chi connectivity index (χ1n) is 10.7. The number of carbonyl (C=O) groups is 1. The highest BCUT2D eigenvalue weighted by molar-refractivity contribution is 6.72. The minimum Gasteiger partial charge on any atom is -0.267 e. The first kappa shape index (κ1) is 21.7. The highest BCUT2D eigenvalue weighted by Crippen LogP contribution is 2.42. The average molecular weight is 405 g/mol. The van der Waals surface area contributed by atoms with Crippen LogP contribution in [-0.2, 0) is 16.6 Å². The Hall–Kier alpha value is -2.00. The van der Waals surface area contributed by atoms with Crippen molar-refractivity contribution in [1.82, 2.24) is 5.73 Å². The molecule has 1 radical (unpaired) electrons. The van der Waals surface area contributed by atoms with E-state index in [1.54, 1.807) is 0 Å². The van der Waals surface area contributed by atoms with Gasteiger partial charge in [0.15, 0.2) is 0 Å². The van der Waals surface area contributed by atoms with Crippen molar-refractivity contribution in [2.75, 3.05) is 0 Å². The summed E-state index contributed by atoms with van der Waals surface area (Å²) >= 11 is 0. The molecule has 2 aliphatic rings. The summed E-state index contributed by atoms with van der Waals surface area (Å²) in [7, 11) is -0.659. The number of carbonyl (C=O) groups excluding carboxylic acids is 1. The summed E-state index contributed by atoms with van der Waals surface area (Å²) in [4.78, 5) is 12.4. The summed E-state index contributed by atoms with van der Waals surface area (Å²) < 4.78 is 0. The number of rotatable bonds is 3. The van der Waals surface area contributed by atoms with Gasteiger partial charge in [0.05, 0.1) is 0 Å². The molecular formula is C26H34NOSi. The zero-order valence-electron chi connectivity index (χ0n) is 19.2. The molecule has 0 spiro atoms. The van der Waals surface area contributed by atoms with E-state index in [2.05, 4.69) is 72.8 Å². The molecule has 1 aromatic rings. The lowest BCUT2D eigenvalue weighted by Gasteiger charge is -2.29. The third-order valence-electron chi connectivity index (χ3n) is 6.34. The average Bonchev–Trinajstić information content (AvgIpc) is 3.02. The van der Waals surface area contributed by atoms with Crippen molar-refractivity contribution in [3.05, 3.63) is 57.2 Å². The van der Waals surface area contributed by atoms with Crippen molar-refractivity contribution in [3.63, 3.8) is 0 Å². The van der Waals surface area contributed by atoms with Gasteiger partial charge >= 0.3 is 0 Å². The smallest absolute Gasteiger partial charge is 0.267 e. The van der Waals surface area contributed by atoms with Gasteiger partial charge in [0.2, 0.25) is 0 Å². The van der Waals surface area contributed by atoms with Crippen LogP contribution in [0.2, 0.25) is 13.1 Å². The number of fused-ring (bicyclic) bond motifs is 1. The van der Waals surface area contributed by atoms with Crippen molar-refractivity contribution >= 4 is 31.1 Å². The van der Waals surface area contributed by atoms with Gasteiger partial charge in [-0.15, -0.1) is 0 Å². The van der Waals surface area contributed by atoms with E-state index in [1.165, 1.54) is 38.6 Å². The van der Waals surface area contributed by atoms with Gasteiger partial charge in [0, 0.05) is 14.0 Å². The molecule has 153 valence electrons. The van der Waals surface area contributed by atoms with Crippen LogP contribution in [0.1, 0.15) is 70.2 Å². The molecule has 0 fully saturated rings. The fourth-order valence-corrected chi connectivity index (χ4v) is 6.73. The van der Waals surface area contributed by atoms with E-state index >= 15 is 0 Å². The van der Waals surface area contributed by atoms with Crippen molar-refractivity contribution < 1.29 is 4.79 Å². The number of hydrogen-bond acceptors (Lipinski definition) is 1. The Morgan fingerprint density at radius 3 is 2.41 bits per heavy atom. The van der Waals surface area contributed by atoms with E-state index in [0.29, 0.717) is 5.57 Å². The second kappa shape index (κ2) is 7.68. The summed E-state index contributed by atoms with van der Waals surface area (Å²) in [6, 6.07) is 4.63. The number of benzene rings is 1. The van der Waals surface area contributed by atoms with Crippen LogP contribution < -0.4 is 5.73 Å². The molecule has 3 heteroatoms.